The lowest BCUT2D eigenvalue weighted by Crippen LogP contribution is -2.29. The lowest BCUT2D eigenvalue weighted by molar-refractivity contribution is 0.462. The van der Waals surface area contributed by atoms with Gasteiger partial charge in [0.05, 0.1) is 6.20 Å². The van der Waals surface area contributed by atoms with Crippen LogP contribution in [0.1, 0.15) is 37.8 Å². The van der Waals surface area contributed by atoms with Crippen LogP contribution in [0.5, 0.6) is 0 Å². The molecule has 1 saturated carbocycles. The summed E-state index contributed by atoms with van der Waals surface area (Å²) in [6.07, 6.45) is 10.3. The second-order valence-electron chi connectivity index (χ2n) is 4.70. The number of thioether (sulfide) groups is 1. The maximum atomic E-state index is 4.22. The topological polar surface area (TPSA) is 29.9 Å². The van der Waals surface area contributed by atoms with Crippen molar-refractivity contribution in [1.82, 2.24) is 15.1 Å². The molecule has 1 aliphatic carbocycles. The zero-order valence-electron chi connectivity index (χ0n) is 10.3. The van der Waals surface area contributed by atoms with E-state index < -0.39 is 0 Å². The normalized spacial score (nSPS) is 27.2. The van der Waals surface area contributed by atoms with Crippen molar-refractivity contribution in [1.29, 1.82) is 0 Å². The van der Waals surface area contributed by atoms with E-state index in [1.807, 2.05) is 29.7 Å². The Morgan fingerprint density at radius 1 is 1.56 bits per heavy atom. The van der Waals surface area contributed by atoms with Gasteiger partial charge in [0.15, 0.2) is 0 Å². The molecule has 0 radical (unpaired) electrons. The van der Waals surface area contributed by atoms with Gasteiger partial charge in [-0.2, -0.15) is 16.9 Å². The van der Waals surface area contributed by atoms with Crippen molar-refractivity contribution in [2.24, 2.45) is 7.05 Å². The maximum absolute atomic E-state index is 4.22. The molecule has 1 aromatic heterocycles. The zero-order valence-corrected chi connectivity index (χ0v) is 11.1. The van der Waals surface area contributed by atoms with E-state index in [9.17, 15) is 0 Å². The molecule has 1 aliphatic rings. The van der Waals surface area contributed by atoms with Crippen LogP contribution in [0.25, 0.3) is 0 Å². The van der Waals surface area contributed by atoms with Gasteiger partial charge < -0.3 is 5.32 Å². The van der Waals surface area contributed by atoms with Crippen LogP contribution in [0.4, 0.5) is 0 Å². The Kier molecular flexibility index (Phi) is 3.92. The minimum atomic E-state index is 0.416. The smallest absolute Gasteiger partial charge is 0.0537 e. The van der Waals surface area contributed by atoms with Gasteiger partial charge in [0.25, 0.3) is 0 Å². The van der Waals surface area contributed by atoms with Gasteiger partial charge in [0.1, 0.15) is 0 Å². The predicted molar refractivity (Wildman–Crippen MR) is 69.7 cm³/mol. The molecule has 3 unspecified atom stereocenters. The monoisotopic (exact) mass is 239 g/mol. The molecule has 4 heteroatoms. The van der Waals surface area contributed by atoms with E-state index in [1.54, 1.807) is 0 Å². The molecule has 1 fully saturated rings. The molecule has 1 aromatic rings. The highest BCUT2D eigenvalue weighted by Gasteiger charge is 2.25. The van der Waals surface area contributed by atoms with Crippen LogP contribution in [-0.2, 0) is 7.05 Å². The summed E-state index contributed by atoms with van der Waals surface area (Å²) in [7, 11) is 1.97. The van der Waals surface area contributed by atoms with Crippen LogP contribution in [0.15, 0.2) is 12.4 Å². The van der Waals surface area contributed by atoms with Crippen molar-refractivity contribution in [3.63, 3.8) is 0 Å². The molecule has 0 aromatic carbocycles. The lowest BCUT2D eigenvalue weighted by atomic mass is 10.1. The van der Waals surface area contributed by atoms with Crippen LogP contribution in [0.2, 0.25) is 0 Å². The standard InChI is InChI=1S/C12H21N3S/c1-9(10-7-13-15(2)8-10)14-11-4-5-12(6-11)16-3/h7-9,11-12,14H,4-6H2,1-3H3. The molecular formula is C12H21N3S. The first kappa shape index (κ1) is 12.0. The summed E-state index contributed by atoms with van der Waals surface area (Å²) in [5.41, 5.74) is 1.29. The number of hydrogen-bond acceptors (Lipinski definition) is 3. The molecule has 1 N–H and O–H groups in total. The average Bonchev–Trinajstić information content (AvgIpc) is 2.87. The quantitative estimate of drug-likeness (QED) is 0.875. The van der Waals surface area contributed by atoms with E-state index in [1.165, 1.54) is 24.8 Å². The third kappa shape index (κ3) is 2.80. The average molecular weight is 239 g/mol. The molecule has 1 heterocycles. The molecule has 0 aliphatic heterocycles. The molecule has 0 amide bonds. The summed E-state index contributed by atoms with van der Waals surface area (Å²) < 4.78 is 1.87. The van der Waals surface area contributed by atoms with Gasteiger partial charge in [-0.05, 0) is 32.4 Å². The van der Waals surface area contributed by atoms with E-state index in [2.05, 4.69) is 29.8 Å². The lowest BCUT2D eigenvalue weighted by Gasteiger charge is -2.18. The van der Waals surface area contributed by atoms with Crippen molar-refractivity contribution in [2.75, 3.05) is 6.26 Å². The molecule has 0 bridgehead atoms. The molecule has 0 spiro atoms. The minimum Gasteiger partial charge on any atom is -0.307 e. The first-order valence-corrected chi connectivity index (χ1v) is 7.25. The van der Waals surface area contributed by atoms with Gasteiger partial charge >= 0.3 is 0 Å². The van der Waals surface area contributed by atoms with Crippen molar-refractivity contribution >= 4 is 11.8 Å². The third-order valence-corrected chi connectivity index (χ3v) is 4.52. The van der Waals surface area contributed by atoms with Crippen LogP contribution in [0.3, 0.4) is 0 Å². The summed E-state index contributed by atoms with van der Waals surface area (Å²) >= 11 is 2.01. The Bertz CT molecular complexity index is 337. The van der Waals surface area contributed by atoms with E-state index in [0.29, 0.717) is 12.1 Å². The van der Waals surface area contributed by atoms with Crippen molar-refractivity contribution in [3.8, 4) is 0 Å². The zero-order chi connectivity index (χ0) is 11.5. The Morgan fingerprint density at radius 3 is 2.94 bits per heavy atom. The van der Waals surface area contributed by atoms with Crippen LogP contribution in [-0.4, -0.2) is 27.3 Å². The van der Waals surface area contributed by atoms with Gasteiger partial charge in [-0.1, -0.05) is 0 Å². The SMILES string of the molecule is CSC1CCC(NC(C)c2cnn(C)c2)C1. The summed E-state index contributed by atoms with van der Waals surface area (Å²) in [5.74, 6) is 0. The fourth-order valence-corrected chi connectivity index (χ4v) is 3.22. The Hall–Kier alpha value is -0.480. The summed E-state index contributed by atoms with van der Waals surface area (Å²) in [6, 6.07) is 1.10. The second-order valence-corrected chi connectivity index (χ2v) is 5.84. The van der Waals surface area contributed by atoms with Crippen molar-refractivity contribution < 1.29 is 0 Å². The highest BCUT2D eigenvalue weighted by Crippen LogP contribution is 2.29. The van der Waals surface area contributed by atoms with E-state index >= 15 is 0 Å². The van der Waals surface area contributed by atoms with Crippen molar-refractivity contribution in [3.05, 3.63) is 18.0 Å². The van der Waals surface area contributed by atoms with Gasteiger partial charge in [0, 0.05) is 36.1 Å². The highest BCUT2D eigenvalue weighted by molar-refractivity contribution is 7.99. The molecule has 2 rings (SSSR count). The molecule has 3 nitrogen and oxygen atoms in total. The Labute approximate surface area is 102 Å². The molecule has 0 saturated heterocycles. The van der Waals surface area contributed by atoms with Crippen molar-refractivity contribution in [2.45, 2.75) is 43.5 Å². The number of nitrogens with one attached hydrogen (secondary N) is 1. The number of hydrogen-bond donors (Lipinski definition) is 1. The van der Waals surface area contributed by atoms with Crippen LogP contribution < -0.4 is 5.32 Å². The Balaban J connectivity index is 1.86. The Morgan fingerprint density at radius 2 is 2.38 bits per heavy atom. The van der Waals surface area contributed by atoms with Gasteiger partial charge in [0.2, 0.25) is 0 Å². The summed E-state index contributed by atoms with van der Waals surface area (Å²) in [5, 5.41) is 8.78. The number of nitrogens with zero attached hydrogens (tertiary/aromatic N) is 2. The van der Waals surface area contributed by atoms with E-state index in [4.69, 9.17) is 0 Å². The number of aryl methyl sites for hydroxylation is 1. The molecular weight excluding hydrogens is 218 g/mol. The van der Waals surface area contributed by atoms with Gasteiger partial charge in [-0.15, -0.1) is 0 Å². The highest BCUT2D eigenvalue weighted by atomic mass is 32.2. The maximum Gasteiger partial charge on any atom is 0.0537 e. The third-order valence-electron chi connectivity index (χ3n) is 3.43. The largest absolute Gasteiger partial charge is 0.307 e. The molecule has 16 heavy (non-hydrogen) atoms. The predicted octanol–water partition coefficient (Wildman–Crippen LogP) is 2.35. The second kappa shape index (κ2) is 5.23. The number of aromatic nitrogens is 2. The fraction of sp³-hybridized carbons (Fsp3) is 0.750. The minimum absolute atomic E-state index is 0.416. The first-order valence-electron chi connectivity index (χ1n) is 5.96. The van der Waals surface area contributed by atoms with E-state index in [0.717, 1.165) is 5.25 Å². The van der Waals surface area contributed by atoms with Gasteiger partial charge in [-0.3, -0.25) is 4.68 Å². The molecule has 3 atom stereocenters. The summed E-state index contributed by atoms with van der Waals surface area (Å²) in [6.45, 7) is 2.23. The first-order chi connectivity index (χ1) is 7.69. The molecule has 90 valence electrons. The summed E-state index contributed by atoms with van der Waals surface area (Å²) in [4.78, 5) is 0. The number of rotatable bonds is 4. The fourth-order valence-electron chi connectivity index (χ4n) is 2.42. The van der Waals surface area contributed by atoms with Crippen LogP contribution in [0, 0.1) is 0 Å². The van der Waals surface area contributed by atoms with Gasteiger partial charge in [-0.25, -0.2) is 0 Å². The van der Waals surface area contributed by atoms with Crippen LogP contribution >= 0.6 is 11.8 Å². The van der Waals surface area contributed by atoms with E-state index in [-0.39, 0.29) is 0 Å².